The van der Waals surface area contributed by atoms with Gasteiger partial charge in [0.15, 0.2) is 5.78 Å². The second-order valence-corrected chi connectivity index (χ2v) is 8.34. The standard InChI is InChI=1S/C19H21N3O3S/c1-14-4-6-16(7-5-14)26(24,25)22-11-9-15(13-21(2)3)19(23)17-8-10-20-12-18(17)22/h4-8,10,12-13H,9,11H2,1-3H3/b15-13-. The van der Waals surface area contributed by atoms with Gasteiger partial charge in [-0.25, -0.2) is 8.42 Å². The molecule has 1 aliphatic heterocycles. The van der Waals surface area contributed by atoms with Crippen molar-refractivity contribution in [2.45, 2.75) is 18.2 Å². The number of ketones is 1. The smallest absolute Gasteiger partial charge is 0.264 e. The van der Waals surface area contributed by atoms with Crippen LogP contribution >= 0.6 is 0 Å². The summed E-state index contributed by atoms with van der Waals surface area (Å²) in [5, 5.41) is 0. The van der Waals surface area contributed by atoms with Crippen LogP contribution in [0.2, 0.25) is 0 Å². The molecule has 2 aromatic rings. The normalized spacial score (nSPS) is 16.3. The van der Waals surface area contributed by atoms with E-state index < -0.39 is 10.0 Å². The maximum absolute atomic E-state index is 13.2. The molecule has 0 fully saturated rings. The average molecular weight is 371 g/mol. The Morgan fingerprint density at radius 2 is 1.85 bits per heavy atom. The Hall–Kier alpha value is -2.67. The number of pyridine rings is 1. The predicted octanol–water partition coefficient (Wildman–Crippen LogP) is 2.62. The van der Waals surface area contributed by atoms with E-state index in [0.717, 1.165) is 5.56 Å². The van der Waals surface area contributed by atoms with E-state index in [4.69, 9.17) is 0 Å². The zero-order valence-corrected chi connectivity index (χ0v) is 15.8. The molecule has 0 atom stereocenters. The van der Waals surface area contributed by atoms with Crippen LogP contribution in [-0.2, 0) is 10.0 Å². The molecule has 136 valence electrons. The lowest BCUT2D eigenvalue weighted by Gasteiger charge is -2.23. The number of anilines is 1. The van der Waals surface area contributed by atoms with E-state index in [1.54, 1.807) is 41.4 Å². The molecule has 2 heterocycles. The SMILES string of the molecule is Cc1ccc(S(=O)(=O)N2CC/C(=C/N(C)C)C(=O)c3ccncc32)cc1. The van der Waals surface area contributed by atoms with Gasteiger partial charge < -0.3 is 4.90 Å². The van der Waals surface area contributed by atoms with Crippen molar-refractivity contribution in [2.75, 3.05) is 24.9 Å². The third kappa shape index (κ3) is 3.35. The molecule has 1 aromatic heterocycles. The topological polar surface area (TPSA) is 70.6 Å². The van der Waals surface area contributed by atoms with E-state index in [-0.39, 0.29) is 17.2 Å². The van der Waals surface area contributed by atoms with Crippen LogP contribution in [0.5, 0.6) is 0 Å². The quantitative estimate of drug-likeness (QED) is 0.776. The summed E-state index contributed by atoms with van der Waals surface area (Å²) in [6.07, 6.45) is 5.02. The van der Waals surface area contributed by atoms with Crippen molar-refractivity contribution < 1.29 is 13.2 Å². The van der Waals surface area contributed by atoms with Crippen LogP contribution in [0.3, 0.4) is 0 Å². The first-order valence-corrected chi connectivity index (χ1v) is 9.70. The number of rotatable bonds is 3. The van der Waals surface area contributed by atoms with Gasteiger partial charge in [-0.1, -0.05) is 17.7 Å². The summed E-state index contributed by atoms with van der Waals surface area (Å²) in [6.45, 7) is 2.08. The molecule has 1 aromatic carbocycles. The number of sulfonamides is 1. The highest BCUT2D eigenvalue weighted by atomic mass is 32.2. The molecule has 1 aliphatic rings. The number of benzene rings is 1. The lowest BCUT2D eigenvalue weighted by atomic mass is 10.0. The molecule has 0 N–H and O–H groups in total. The fourth-order valence-corrected chi connectivity index (χ4v) is 4.40. The Balaban J connectivity index is 2.13. The van der Waals surface area contributed by atoms with E-state index in [1.165, 1.54) is 16.7 Å². The van der Waals surface area contributed by atoms with Gasteiger partial charge >= 0.3 is 0 Å². The summed E-state index contributed by atoms with van der Waals surface area (Å²) in [6, 6.07) is 8.27. The molecule has 3 rings (SSSR count). The monoisotopic (exact) mass is 371 g/mol. The minimum absolute atomic E-state index is 0.169. The molecular formula is C19H21N3O3S. The van der Waals surface area contributed by atoms with Crippen molar-refractivity contribution >= 4 is 21.5 Å². The largest absolute Gasteiger partial charge is 0.383 e. The van der Waals surface area contributed by atoms with Crippen LogP contribution in [0, 0.1) is 6.92 Å². The fraction of sp³-hybridized carbons (Fsp3) is 0.263. The summed E-state index contributed by atoms with van der Waals surface area (Å²) < 4.78 is 27.7. The van der Waals surface area contributed by atoms with Gasteiger partial charge in [0.1, 0.15) is 0 Å². The third-order valence-corrected chi connectivity index (χ3v) is 6.04. The van der Waals surface area contributed by atoms with E-state index >= 15 is 0 Å². The highest BCUT2D eigenvalue weighted by Gasteiger charge is 2.32. The molecule has 0 amide bonds. The minimum Gasteiger partial charge on any atom is -0.383 e. The Bertz CT molecular complexity index is 964. The van der Waals surface area contributed by atoms with Crippen LogP contribution in [0.25, 0.3) is 0 Å². The summed E-state index contributed by atoms with van der Waals surface area (Å²) >= 11 is 0. The van der Waals surface area contributed by atoms with E-state index in [1.807, 2.05) is 21.0 Å². The van der Waals surface area contributed by atoms with Gasteiger partial charge in [0, 0.05) is 44.2 Å². The van der Waals surface area contributed by atoms with E-state index in [2.05, 4.69) is 4.98 Å². The summed E-state index contributed by atoms with van der Waals surface area (Å²) in [7, 11) is -0.125. The minimum atomic E-state index is -3.79. The van der Waals surface area contributed by atoms with Gasteiger partial charge in [-0.05, 0) is 31.5 Å². The number of hydrogen-bond donors (Lipinski definition) is 0. The van der Waals surface area contributed by atoms with Gasteiger partial charge in [0.05, 0.1) is 16.8 Å². The zero-order chi connectivity index (χ0) is 18.9. The van der Waals surface area contributed by atoms with Crippen LogP contribution in [0.4, 0.5) is 5.69 Å². The summed E-state index contributed by atoms with van der Waals surface area (Å²) in [5.41, 5.74) is 2.22. The first-order chi connectivity index (χ1) is 12.3. The number of Topliss-reactive ketones (excluding diaryl/α,β-unsaturated/α-hetero) is 1. The molecule has 0 saturated heterocycles. The van der Waals surface area contributed by atoms with Crippen LogP contribution < -0.4 is 4.31 Å². The molecule has 0 spiro atoms. The number of nitrogens with zero attached hydrogens (tertiary/aromatic N) is 3. The van der Waals surface area contributed by atoms with Crippen LogP contribution in [-0.4, -0.2) is 44.7 Å². The van der Waals surface area contributed by atoms with Crippen molar-refractivity contribution in [3.05, 3.63) is 65.6 Å². The van der Waals surface area contributed by atoms with Crippen LogP contribution in [0.1, 0.15) is 22.3 Å². The summed E-state index contributed by atoms with van der Waals surface area (Å²) in [4.78, 5) is 18.9. The van der Waals surface area contributed by atoms with Crippen molar-refractivity contribution in [1.82, 2.24) is 9.88 Å². The Morgan fingerprint density at radius 1 is 1.15 bits per heavy atom. The van der Waals surface area contributed by atoms with Gasteiger partial charge in [-0.3, -0.25) is 14.1 Å². The Kier molecular flexibility index (Phi) is 4.82. The highest BCUT2D eigenvalue weighted by molar-refractivity contribution is 7.92. The Morgan fingerprint density at radius 3 is 2.50 bits per heavy atom. The molecule has 0 saturated carbocycles. The van der Waals surface area contributed by atoms with Gasteiger partial charge in [-0.15, -0.1) is 0 Å². The molecule has 6 nitrogen and oxygen atoms in total. The number of carbonyl (C=O) groups excluding carboxylic acids is 1. The maximum atomic E-state index is 13.2. The highest BCUT2D eigenvalue weighted by Crippen LogP contribution is 2.32. The molecule has 0 unspecified atom stereocenters. The number of hydrogen-bond acceptors (Lipinski definition) is 5. The van der Waals surface area contributed by atoms with Gasteiger partial charge in [0.25, 0.3) is 10.0 Å². The molecule has 26 heavy (non-hydrogen) atoms. The lowest BCUT2D eigenvalue weighted by Crippen LogP contribution is -2.32. The van der Waals surface area contributed by atoms with Crippen molar-refractivity contribution in [1.29, 1.82) is 0 Å². The molecule has 0 bridgehead atoms. The molecule has 0 aliphatic carbocycles. The van der Waals surface area contributed by atoms with Crippen molar-refractivity contribution in [2.24, 2.45) is 0 Å². The molecule has 0 radical (unpaired) electrons. The van der Waals surface area contributed by atoms with E-state index in [9.17, 15) is 13.2 Å². The molecule has 7 heteroatoms. The fourth-order valence-electron chi connectivity index (χ4n) is 2.93. The van der Waals surface area contributed by atoms with Crippen molar-refractivity contribution in [3.8, 4) is 0 Å². The first-order valence-electron chi connectivity index (χ1n) is 8.26. The van der Waals surface area contributed by atoms with E-state index in [0.29, 0.717) is 23.2 Å². The summed E-state index contributed by atoms with van der Waals surface area (Å²) in [5.74, 6) is -0.169. The van der Waals surface area contributed by atoms with Crippen molar-refractivity contribution in [3.63, 3.8) is 0 Å². The number of fused-ring (bicyclic) bond motifs is 1. The third-order valence-electron chi connectivity index (χ3n) is 4.21. The number of carbonyl (C=O) groups is 1. The van der Waals surface area contributed by atoms with Gasteiger partial charge in [0.2, 0.25) is 0 Å². The van der Waals surface area contributed by atoms with Crippen LogP contribution in [0.15, 0.2) is 59.4 Å². The molecular weight excluding hydrogens is 350 g/mol. The first kappa shape index (κ1) is 18.1. The Labute approximate surface area is 153 Å². The second kappa shape index (κ2) is 6.92. The van der Waals surface area contributed by atoms with Gasteiger partial charge in [-0.2, -0.15) is 0 Å². The number of aryl methyl sites for hydroxylation is 1. The second-order valence-electron chi connectivity index (χ2n) is 6.48. The number of aromatic nitrogens is 1. The zero-order valence-electron chi connectivity index (χ0n) is 15.0. The average Bonchev–Trinajstić information content (AvgIpc) is 2.73. The predicted molar refractivity (Wildman–Crippen MR) is 101 cm³/mol. The maximum Gasteiger partial charge on any atom is 0.264 e. The lowest BCUT2D eigenvalue weighted by molar-refractivity contribution is 0.103.